The molecule has 1 saturated heterocycles. The molecule has 1 aromatic carbocycles. The molecule has 0 unspecified atom stereocenters. The van der Waals surface area contributed by atoms with Crippen molar-refractivity contribution in [1.29, 1.82) is 0 Å². The van der Waals surface area contributed by atoms with Gasteiger partial charge in [-0.15, -0.1) is 0 Å². The number of benzene rings is 1. The van der Waals surface area contributed by atoms with Crippen LogP contribution in [0.15, 0.2) is 12.1 Å². The van der Waals surface area contributed by atoms with Gasteiger partial charge in [-0.1, -0.05) is 12.8 Å². The van der Waals surface area contributed by atoms with Crippen molar-refractivity contribution in [3.8, 4) is 5.75 Å². The zero-order valence-electron chi connectivity index (χ0n) is 14.9. The van der Waals surface area contributed by atoms with Gasteiger partial charge in [-0.25, -0.2) is 0 Å². The van der Waals surface area contributed by atoms with E-state index in [4.69, 9.17) is 4.74 Å². The Morgan fingerprint density at radius 3 is 2.19 bits per heavy atom. The molecule has 0 aromatic heterocycles. The summed E-state index contributed by atoms with van der Waals surface area (Å²) in [4.78, 5) is 1.93. The number of nitrogens with zero attached hydrogens (tertiary/aromatic N) is 1. The number of hydrogen-bond donors (Lipinski definition) is 1. The summed E-state index contributed by atoms with van der Waals surface area (Å²) in [7, 11) is 1.12. The quantitative estimate of drug-likeness (QED) is 0.743. The van der Waals surface area contributed by atoms with E-state index in [0.717, 1.165) is 20.0 Å². The molecule has 152 valence electrons. The predicted molar refractivity (Wildman–Crippen MR) is 87.5 cm³/mol. The van der Waals surface area contributed by atoms with Crippen molar-refractivity contribution < 1.29 is 31.1 Å². The van der Waals surface area contributed by atoms with Gasteiger partial charge in [0, 0.05) is 37.8 Å². The highest BCUT2D eigenvalue weighted by molar-refractivity contribution is 5.48. The van der Waals surface area contributed by atoms with E-state index < -0.39 is 29.5 Å². The van der Waals surface area contributed by atoms with Crippen LogP contribution in [0.5, 0.6) is 5.75 Å². The summed E-state index contributed by atoms with van der Waals surface area (Å²) >= 11 is 0. The number of piperazine rings is 1. The zero-order chi connectivity index (χ0) is 19.8. The van der Waals surface area contributed by atoms with Crippen LogP contribution in [-0.4, -0.2) is 38.2 Å². The van der Waals surface area contributed by atoms with Crippen LogP contribution in [0.4, 0.5) is 26.3 Å². The lowest BCUT2D eigenvalue weighted by atomic mass is 9.91. The second-order valence-corrected chi connectivity index (χ2v) is 7.12. The van der Waals surface area contributed by atoms with Crippen molar-refractivity contribution in [3.63, 3.8) is 0 Å². The van der Waals surface area contributed by atoms with Gasteiger partial charge in [-0.3, -0.25) is 4.90 Å². The smallest absolute Gasteiger partial charge is 0.416 e. The summed E-state index contributed by atoms with van der Waals surface area (Å²) in [6.07, 6.45) is -7.42. The molecular formula is C18H22F6N2O. The van der Waals surface area contributed by atoms with Crippen LogP contribution >= 0.6 is 0 Å². The summed E-state index contributed by atoms with van der Waals surface area (Å²) in [6, 6.07) is 0.292. The molecule has 1 N–H and O–H groups in total. The third-order valence-electron chi connectivity index (χ3n) is 5.17. The van der Waals surface area contributed by atoms with Crippen molar-refractivity contribution in [2.45, 2.75) is 37.7 Å². The van der Waals surface area contributed by atoms with Crippen LogP contribution < -0.4 is 10.1 Å². The summed E-state index contributed by atoms with van der Waals surface area (Å²) in [5, 5.41) is 3.15. The average Bonchev–Trinajstić information content (AvgIpc) is 3.42. The second-order valence-electron chi connectivity index (χ2n) is 7.12. The number of ether oxygens (including phenoxy) is 1. The summed E-state index contributed by atoms with van der Waals surface area (Å²) in [6.45, 7) is 2.34. The summed E-state index contributed by atoms with van der Waals surface area (Å²) < 4.78 is 85.7. The zero-order valence-corrected chi connectivity index (χ0v) is 14.9. The molecule has 2 aliphatic rings. The fraction of sp³-hybridized carbons (Fsp3) is 0.667. The molecule has 3 rings (SSSR count). The molecule has 27 heavy (non-hydrogen) atoms. The van der Waals surface area contributed by atoms with Crippen LogP contribution in [-0.2, 0) is 12.4 Å². The molecule has 0 amide bonds. The average molecular weight is 396 g/mol. The number of hydrogen-bond acceptors (Lipinski definition) is 3. The maximum atomic E-state index is 13.8. The van der Waals surface area contributed by atoms with Crippen molar-refractivity contribution in [3.05, 3.63) is 28.8 Å². The van der Waals surface area contributed by atoms with Gasteiger partial charge in [-0.05, 0) is 24.5 Å². The van der Waals surface area contributed by atoms with E-state index in [9.17, 15) is 26.3 Å². The Kier molecular flexibility index (Phi) is 5.63. The minimum absolute atomic E-state index is 0.174. The molecule has 1 atom stereocenters. The molecule has 0 spiro atoms. The third-order valence-corrected chi connectivity index (χ3v) is 5.17. The lowest BCUT2D eigenvalue weighted by molar-refractivity contribution is -0.144. The number of alkyl halides is 6. The van der Waals surface area contributed by atoms with Crippen molar-refractivity contribution in [2.24, 2.45) is 5.92 Å². The highest BCUT2D eigenvalue weighted by Crippen LogP contribution is 2.48. The molecule has 2 fully saturated rings. The first kappa shape index (κ1) is 20.3. The molecule has 1 heterocycles. The van der Waals surface area contributed by atoms with Gasteiger partial charge in [0.25, 0.3) is 0 Å². The molecule has 0 bridgehead atoms. The van der Waals surface area contributed by atoms with E-state index in [1.165, 1.54) is 0 Å². The number of methoxy groups -OCH3 is 1. The highest BCUT2D eigenvalue weighted by atomic mass is 19.4. The number of nitrogens with one attached hydrogen (secondary N) is 1. The molecule has 3 nitrogen and oxygen atoms in total. The van der Waals surface area contributed by atoms with Crippen LogP contribution in [0.25, 0.3) is 0 Å². The van der Waals surface area contributed by atoms with Gasteiger partial charge in [0.15, 0.2) is 0 Å². The fourth-order valence-corrected chi connectivity index (χ4v) is 3.65. The molecular weight excluding hydrogens is 374 g/mol. The lowest BCUT2D eigenvalue weighted by Crippen LogP contribution is -2.45. The van der Waals surface area contributed by atoms with Crippen LogP contribution in [0.1, 0.15) is 42.0 Å². The monoisotopic (exact) mass is 396 g/mol. The van der Waals surface area contributed by atoms with E-state index in [1.807, 2.05) is 4.90 Å². The minimum atomic E-state index is -4.90. The predicted octanol–water partition coefficient (Wildman–Crippen LogP) is 4.48. The van der Waals surface area contributed by atoms with E-state index in [1.54, 1.807) is 0 Å². The second kappa shape index (κ2) is 7.50. The summed E-state index contributed by atoms with van der Waals surface area (Å²) in [5.41, 5.74) is -2.77. The maximum Gasteiger partial charge on any atom is 0.416 e. The molecule has 1 saturated carbocycles. The largest absolute Gasteiger partial charge is 0.496 e. The van der Waals surface area contributed by atoms with Gasteiger partial charge >= 0.3 is 12.4 Å². The van der Waals surface area contributed by atoms with Crippen LogP contribution in [0.2, 0.25) is 0 Å². The minimum Gasteiger partial charge on any atom is -0.496 e. The number of rotatable bonds is 5. The molecule has 1 aromatic rings. The topological polar surface area (TPSA) is 24.5 Å². The molecule has 9 heteroatoms. The maximum absolute atomic E-state index is 13.8. The standard InChI is InChI=1S/C18H22F6N2O/c1-27-15-10-12(17(19,20)21)9-13(18(22,23)24)16(15)14(8-11-2-3-11)26-6-4-25-5-7-26/h9-11,14,25H,2-8H2,1H3/t14-/m1/s1. The Hall–Kier alpha value is -1.48. The van der Waals surface area contributed by atoms with Gasteiger partial charge in [-0.2, -0.15) is 26.3 Å². The molecule has 1 aliphatic heterocycles. The first-order chi connectivity index (χ1) is 12.6. The summed E-state index contributed by atoms with van der Waals surface area (Å²) in [5.74, 6) is -0.0423. The Morgan fingerprint density at radius 2 is 1.70 bits per heavy atom. The Balaban J connectivity index is 2.14. The first-order valence-electron chi connectivity index (χ1n) is 8.92. The molecule has 0 radical (unpaired) electrons. The van der Waals surface area contributed by atoms with Gasteiger partial charge in [0.1, 0.15) is 5.75 Å². The number of halogens is 6. The van der Waals surface area contributed by atoms with E-state index in [-0.39, 0.29) is 17.4 Å². The third kappa shape index (κ3) is 4.68. The highest BCUT2D eigenvalue weighted by Gasteiger charge is 2.43. The Morgan fingerprint density at radius 1 is 1.07 bits per heavy atom. The first-order valence-corrected chi connectivity index (χ1v) is 8.92. The van der Waals surface area contributed by atoms with Gasteiger partial charge in [0.05, 0.1) is 18.2 Å². The molecule has 1 aliphatic carbocycles. The van der Waals surface area contributed by atoms with Crippen LogP contribution in [0.3, 0.4) is 0 Å². The van der Waals surface area contributed by atoms with Crippen molar-refractivity contribution in [1.82, 2.24) is 10.2 Å². The SMILES string of the molecule is COc1cc(C(F)(F)F)cc(C(F)(F)F)c1[C@@H](CC1CC1)N1CCNCC1. The van der Waals surface area contributed by atoms with Gasteiger partial charge < -0.3 is 10.1 Å². The Labute approximate surface area is 153 Å². The van der Waals surface area contributed by atoms with E-state index in [2.05, 4.69) is 5.32 Å². The lowest BCUT2D eigenvalue weighted by Gasteiger charge is -2.37. The van der Waals surface area contributed by atoms with Crippen molar-refractivity contribution >= 4 is 0 Å². The fourth-order valence-electron chi connectivity index (χ4n) is 3.65. The van der Waals surface area contributed by atoms with E-state index in [0.29, 0.717) is 44.6 Å². The normalized spacial score (nSPS) is 20.6. The van der Waals surface area contributed by atoms with E-state index >= 15 is 0 Å². The Bertz CT molecular complexity index is 663. The van der Waals surface area contributed by atoms with Crippen molar-refractivity contribution in [2.75, 3.05) is 33.3 Å². The van der Waals surface area contributed by atoms with Gasteiger partial charge in [0.2, 0.25) is 0 Å². The van der Waals surface area contributed by atoms with Crippen LogP contribution in [0, 0.1) is 5.92 Å².